The van der Waals surface area contributed by atoms with Gasteiger partial charge < -0.3 is 20.8 Å². The van der Waals surface area contributed by atoms with Crippen LogP contribution in [0.25, 0.3) is 0 Å². The molecule has 14 nitrogen and oxygen atoms in total. The fraction of sp³-hybridized carbons (Fsp3) is 0.200. The lowest BCUT2D eigenvalue weighted by Crippen LogP contribution is -2.43. The number of carboxylic acids is 2. The summed E-state index contributed by atoms with van der Waals surface area (Å²) < 4.78 is 0. The number of aliphatic carboxylic acids is 2. The molecule has 2 amide bonds. The predicted molar refractivity (Wildman–Crippen MR) is 129 cm³/mol. The molecule has 0 aliphatic heterocycles. The topological polar surface area (TPSA) is 219 Å². The summed E-state index contributed by atoms with van der Waals surface area (Å²) in [4.78, 5) is 67.6. The van der Waals surface area contributed by atoms with Crippen LogP contribution >= 0.6 is 21.6 Å². The van der Waals surface area contributed by atoms with Gasteiger partial charge in [0.25, 0.3) is 23.2 Å². The van der Waals surface area contributed by atoms with E-state index in [1.807, 2.05) is 0 Å². The number of carbonyl (C=O) groups is 4. The smallest absolute Gasteiger partial charge is 0.327 e. The minimum Gasteiger partial charge on any atom is -0.480 e. The number of non-ortho nitro benzene ring substituents is 2. The summed E-state index contributed by atoms with van der Waals surface area (Å²) in [5.41, 5.74) is -0.433. The summed E-state index contributed by atoms with van der Waals surface area (Å²) in [6, 6.07) is 6.44. The van der Waals surface area contributed by atoms with E-state index in [9.17, 15) is 49.6 Å². The van der Waals surface area contributed by atoms with E-state index in [0.717, 1.165) is 45.9 Å². The highest BCUT2D eigenvalue weighted by Crippen LogP contribution is 2.24. The molecule has 2 atom stereocenters. The number of nitrogens with zero attached hydrogens (tertiary/aromatic N) is 2. The van der Waals surface area contributed by atoms with E-state index in [4.69, 9.17) is 0 Å². The van der Waals surface area contributed by atoms with Crippen LogP contribution in [0.5, 0.6) is 0 Å². The van der Waals surface area contributed by atoms with Crippen molar-refractivity contribution in [2.24, 2.45) is 0 Å². The minimum atomic E-state index is -1.35. The molecule has 0 bridgehead atoms. The molecule has 0 aliphatic rings. The molecule has 36 heavy (non-hydrogen) atoms. The fourth-order valence-corrected chi connectivity index (χ4v) is 4.84. The lowest BCUT2D eigenvalue weighted by molar-refractivity contribution is -0.385. The molecule has 0 radical (unpaired) electrons. The fourth-order valence-electron chi connectivity index (χ4n) is 2.53. The summed E-state index contributed by atoms with van der Waals surface area (Å²) in [5, 5.41) is 44.7. The van der Waals surface area contributed by atoms with Crippen LogP contribution < -0.4 is 10.6 Å². The SMILES string of the molecule is O=C(N[C@@H](CSSC[C@@H](NC(=O)c1ccc([N+](=O)[O-])cc1)C(=O)O)C(=O)O)c1ccc([N+](=O)[O-])cc1. The Labute approximate surface area is 210 Å². The Kier molecular flexibility index (Phi) is 10.2. The molecule has 0 aromatic heterocycles. The molecule has 0 saturated carbocycles. The molecule has 16 heteroatoms. The number of rotatable bonds is 13. The lowest BCUT2D eigenvalue weighted by Gasteiger charge is -2.16. The van der Waals surface area contributed by atoms with Crippen LogP contribution in [0, 0.1) is 20.2 Å². The Morgan fingerprint density at radius 1 is 0.694 bits per heavy atom. The third-order valence-electron chi connectivity index (χ3n) is 4.44. The second-order valence-corrected chi connectivity index (χ2v) is 9.46. The highest BCUT2D eigenvalue weighted by Gasteiger charge is 2.24. The Morgan fingerprint density at radius 3 is 1.25 bits per heavy atom. The summed E-state index contributed by atoms with van der Waals surface area (Å²) in [7, 11) is 1.90. The molecule has 2 aromatic rings. The molecule has 2 rings (SSSR count). The van der Waals surface area contributed by atoms with Gasteiger partial charge in [0.15, 0.2) is 0 Å². The number of benzene rings is 2. The molecule has 2 aromatic carbocycles. The van der Waals surface area contributed by atoms with Crippen LogP contribution in [0.3, 0.4) is 0 Å². The Balaban J connectivity index is 1.88. The predicted octanol–water partition coefficient (Wildman–Crippen LogP) is 1.95. The van der Waals surface area contributed by atoms with Crippen molar-refractivity contribution in [1.82, 2.24) is 10.6 Å². The van der Waals surface area contributed by atoms with E-state index in [0.29, 0.717) is 0 Å². The number of nitro benzene ring substituents is 2. The van der Waals surface area contributed by atoms with Gasteiger partial charge in [-0.15, -0.1) is 0 Å². The van der Waals surface area contributed by atoms with Crippen molar-refractivity contribution in [3.8, 4) is 0 Å². The van der Waals surface area contributed by atoms with Crippen LogP contribution in [0.4, 0.5) is 11.4 Å². The summed E-state index contributed by atoms with van der Waals surface area (Å²) in [6.07, 6.45) is 0. The first-order chi connectivity index (χ1) is 17.0. The number of hydrogen-bond acceptors (Lipinski definition) is 10. The molecule has 0 aliphatic carbocycles. The Morgan fingerprint density at radius 2 is 1.00 bits per heavy atom. The maximum Gasteiger partial charge on any atom is 0.327 e. The number of hydrogen-bond donors (Lipinski definition) is 4. The van der Waals surface area contributed by atoms with Gasteiger partial charge in [-0.3, -0.25) is 29.8 Å². The standard InChI is InChI=1S/C20H18N4O10S2/c25-17(11-1-5-13(6-2-11)23(31)32)21-15(19(27)28)9-35-36-10-16(20(29)30)22-18(26)12-3-7-14(8-4-12)24(33)34/h1-8,15-16H,9-10H2,(H,21,25)(H,22,26)(H,27,28)(H,29,30)/t15-,16+. The van der Waals surface area contributed by atoms with Crippen molar-refractivity contribution < 1.29 is 39.2 Å². The van der Waals surface area contributed by atoms with Crippen molar-refractivity contribution in [1.29, 1.82) is 0 Å². The molecular weight excluding hydrogens is 520 g/mol. The first-order valence-corrected chi connectivity index (χ1v) is 12.3. The number of nitro groups is 2. The van der Waals surface area contributed by atoms with E-state index in [1.165, 1.54) is 24.3 Å². The van der Waals surface area contributed by atoms with Crippen LogP contribution in [-0.2, 0) is 9.59 Å². The molecule has 4 N–H and O–H groups in total. The van der Waals surface area contributed by atoms with Crippen LogP contribution in [0.1, 0.15) is 20.7 Å². The van der Waals surface area contributed by atoms with E-state index in [-0.39, 0.29) is 34.0 Å². The van der Waals surface area contributed by atoms with Gasteiger partial charge in [-0.05, 0) is 24.3 Å². The van der Waals surface area contributed by atoms with Crippen LogP contribution in [0.2, 0.25) is 0 Å². The second kappa shape index (κ2) is 13.1. The molecule has 0 heterocycles. The summed E-state index contributed by atoms with van der Waals surface area (Å²) in [5.74, 6) is -4.52. The maximum atomic E-state index is 12.3. The third kappa shape index (κ3) is 8.24. The number of carboxylic acid groups (broad SMARTS) is 2. The number of amides is 2. The van der Waals surface area contributed by atoms with Crippen molar-refractivity contribution in [2.45, 2.75) is 12.1 Å². The van der Waals surface area contributed by atoms with Gasteiger partial charge >= 0.3 is 11.9 Å². The minimum absolute atomic E-state index is 0.0180. The summed E-state index contributed by atoms with van der Waals surface area (Å²) in [6.45, 7) is 0. The van der Waals surface area contributed by atoms with Crippen molar-refractivity contribution in [2.75, 3.05) is 11.5 Å². The van der Waals surface area contributed by atoms with Crippen LogP contribution in [0.15, 0.2) is 48.5 Å². The van der Waals surface area contributed by atoms with Crippen molar-refractivity contribution in [3.05, 3.63) is 79.9 Å². The van der Waals surface area contributed by atoms with Gasteiger partial charge in [-0.2, -0.15) is 0 Å². The zero-order chi connectivity index (χ0) is 26.8. The lowest BCUT2D eigenvalue weighted by atomic mass is 10.2. The average Bonchev–Trinajstić information content (AvgIpc) is 2.84. The van der Waals surface area contributed by atoms with Crippen molar-refractivity contribution in [3.63, 3.8) is 0 Å². The quantitative estimate of drug-likeness (QED) is 0.124. The number of nitrogens with one attached hydrogen (secondary N) is 2. The molecule has 0 fully saturated rings. The molecule has 0 unspecified atom stereocenters. The van der Waals surface area contributed by atoms with E-state index < -0.39 is 45.7 Å². The van der Waals surface area contributed by atoms with Gasteiger partial charge in [0.1, 0.15) is 12.1 Å². The van der Waals surface area contributed by atoms with Gasteiger partial charge in [0, 0.05) is 46.9 Å². The highest BCUT2D eigenvalue weighted by atomic mass is 33.1. The number of carbonyl (C=O) groups excluding carboxylic acids is 2. The highest BCUT2D eigenvalue weighted by molar-refractivity contribution is 8.76. The largest absolute Gasteiger partial charge is 0.480 e. The van der Waals surface area contributed by atoms with Crippen LogP contribution in [-0.4, -0.2) is 67.4 Å². The molecule has 0 spiro atoms. The van der Waals surface area contributed by atoms with Gasteiger partial charge in [0.05, 0.1) is 9.85 Å². The van der Waals surface area contributed by atoms with E-state index >= 15 is 0 Å². The normalized spacial score (nSPS) is 12.1. The van der Waals surface area contributed by atoms with Gasteiger partial charge in [-0.1, -0.05) is 21.6 Å². The van der Waals surface area contributed by atoms with Crippen molar-refractivity contribution >= 4 is 56.7 Å². The first kappa shape index (κ1) is 28.1. The molecular formula is C20H18N4O10S2. The molecule has 0 saturated heterocycles. The maximum absolute atomic E-state index is 12.3. The molecule has 190 valence electrons. The Hall–Kier alpha value is -4.18. The zero-order valence-corrected chi connectivity index (χ0v) is 19.7. The Bertz CT molecular complexity index is 1070. The zero-order valence-electron chi connectivity index (χ0n) is 18.1. The monoisotopic (exact) mass is 538 g/mol. The third-order valence-corrected chi connectivity index (χ3v) is 6.86. The van der Waals surface area contributed by atoms with E-state index in [1.54, 1.807) is 0 Å². The summed E-state index contributed by atoms with van der Waals surface area (Å²) >= 11 is 0. The average molecular weight is 539 g/mol. The van der Waals surface area contributed by atoms with Gasteiger partial charge in [-0.25, -0.2) is 9.59 Å². The first-order valence-electron chi connectivity index (χ1n) is 9.80. The van der Waals surface area contributed by atoms with E-state index in [2.05, 4.69) is 10.6 Å². The van der Waals surface area contributed by atoms with Gasteiger partial charge in [0.2, 0.25) is 0 Å². The second-order valence-electron chi connectivity index (χ2n) is 6.91.